The molecule has 0 aliphatic carbocycles. The van der Waals surface area contributed by atoms with E-state index < -0.39 is 0 Å². The molecule has 0 unspecified atom stereocenters. The van der Waals surface area contributed by atoms with E-state index >= 15 is 0 Å². The van der Waals surface area contributed by atoms with E-state index in [-0.39, 0.29) is 5.91 Å². The molecule has 3 aromatic rings. The summed E-state index contributed by atoms with van der Waals surface area (Å²) in [6, 6.07) is 13.3. The van der Waals surface area contributed by atoms with Crippen LogP contribution in [0.5, 0.6) is 0 Å². The van der Waals surface area contributed by atoms with Crippen LogP contribution in [0, 0.1) is 0 Å². The second kappa shape index (κ2) is 8.09. The first kappa shape index (κ1) is 17.4. The fourth-order valence-electron chi connectivity index (χ4n) is 3.32. The molecule has 7 heteroatoms. The number of nitrogens with zero attached hydrogens (tertiary/aromatic N) is 5. The van der Waals surface area contributed by atoms with E-state index in [9.17, 15) is 4.79 Å². The quantitative estimate of drug-likeness (QED) is 0.747. The number of pyridine rings is 1. The Hall–Kier alpha value is -3.06. The second-order valence-electron chi connectivity index (χ2n) is 6.62. The summed E-state index contributed by atoms with van der Waals surface area (Å²) in [7, 11) is 0. The third kappa shape index (κ3) is 4.20. The summed E-state index contributed by atoms with van der Waals surface area (Å²) < 4.78 is 2.13. The van der Waals surface area contributed by atoms with E-state index in [1.165, 1.54) is 5.56 Å². The van der Waals surface area contributed by atoms with Crippen LogP contribution in [0.2, 0.25) is 0 Å². The van der Waals surface area contributed by atoms with Gasteiger partial charge in [0.2, 0.25) is 0 Å². The molecule has 0 atom stereocenters. The third-order valence-electron chi connectivity index (χ3n) is 4.77. The van der Waals surface area contributed by atoms with Crippen molar-refractivity contribution in [2.24, 2.45) is 0 Å². The van der Waals surface area contributed by atoms with Gasteiger partial charge >= 0.3 is 0 Å². The van der Waals surface area contributed by atoms with Gasteiger partial charge in [0, 0.05) is 50.6 Å². The number of rotatable bonds is 5. The van der Waals surface area contributed by atoms with Gasteiger partial charge in [0.15, 0.2) is 5.82 Å². The Morgan fingerprint density at radius 1 is 1.04 bits per heavy atom. The predicted octanol–water partition coefficient (Wildman–Crippen LogP) is 1.66. The highest BCUT2D eigenvalue weighted by molar-refractivity contribution is 5.93. The fraction of sp³-hybridized carbons (Fsp3) is 0.300. The van der Waals surface area contributed by atoms with Crippen LogP contribution in [-0.4, -0.2) is 43.6 Å². The first-order valence-electron chi connectivity index (χ1n) is 9.15. The molecule has 0 bridgehead atoms. The Morgan fingerprint density at radius 3 is 2.74 bits per heavy atom. The number of fused-ring (bicyclic) bond motifs is 1. The number of amides is 1. The van der Waals surface area contributed by atoms with E-state index in [4.69, 9.17) is 0 Å². The lowest BCUT2D eigenvalue weighted by molar-refractivity contribution is 0.0949. The summed E-state index contributed by atoms with van der Waals surface area (Å²) >= 11 is 0. The average Bonchev–Trinajstić information content (AvgIpc) is 3.00. The van der Waals surface area contributed by atoms with Crippen LogP contribution < -0.4 is 5.32 Å². The molecule has 0 radical (unpaired) electrons. The number of carbonyl (C=O) groups is 1. The van der Waals surface area contributed by atoms with Crippen LogP contribution in [0.1, 0.15) is 27.6 Å². The summed E-state index contributed by atoms with van der Waals surface area (Å²) in [5.74, 6) is 1.69. The molecule has 7 nitrogen and oxygen atoms in total. The van der Waals surface area contributed by atoms with Crippen molar-refractivity contribution >= 4 is 5.91 Å². The largest absolute Gasteiger partial charge is 0.345 e. The van der Waals surface area contributed by atoms with E-state index in [0.29, 0.717) is 12.1 Å². The predicted molar refractivity (Wildman–Crippen MR) is 101 cm³/mol. The molecule has 4 rings (SSSR count). The highest BCUT2D eigenvalue weighted by Gasteiger charge is 2.19. The van der Waals surface area contributed by atoms with Crippen molar-refractivity contribution in [2.45, 2.75) is 26.1 Å². The van der Waals surface area contributed by atoms with Crippen molar-refractivity contribution in [3.8, 4) is 0 Å². The zero-order valence-corrected chi connectivity index (χ0v) is 15.1. The number of benzene rings is 1. The van der Waals surface area contributed by atoms with Crippen LogP contribution >= 0.6 is 0 Å². The lowest BCUT2D eigenvalue weighted by Crippen LogP contribution is -2.28. The number of carbonyl (C=O) groups excluding carboxylic acids is 1. The topological polar surface area (TPSA) is 75.9 Å². The standard InChI is InChI=1S/C20H22N6O/c27-20(17-6-2-1-3-7-17)22-14-19-24-23-18-8-10-25(11-12-26(18)19)15-16-5-4-9-21-13-16/h1-7,9,13H,8,10-12,14-15H2,(H,22,27). The second-order valence-corrected chi connectivity index (χ2v) is 6.62. The van der Waals surface area contributed by atoms with Gasteiger partial charge < -0.3 is 9.88 Å². The summed E-state index contributed by atoms with van der Waals surface area (Å²) in [5.41, 5.74) is 1.86. The zero-order valence-electron chi connectivity index (χ0n) is 15.1. The maximum Gasteiger partial charge on any atom is 0.251 e. The molecular formula is C20H22N6O. The van der Waals surface area contributed by atoms with Gasteiger partial charge in [0.05, 0.1) is 6.54 Å². The van der Waals surface area contributed by atoms with Crippen molar-refractivity contribution in [1.82, 2.24) is 30.0 Å². The summed E-state index contributed by atoms with van der Waals surface area (Å²) in [5, 5.41) is 11.6. The van der Waals surface area contributed by atoms with Gasteiger partial charge in [0.1, 0.15) is 5.82 Å². The minimum absolute atomic E-state index is 0.0974. The molecule has 138 valence electrons. The van der Waals surface area contributed by atoms with Crippen LogP contribution in [-0.2, 0) is 26.1 Å². The maximum absolute atomic E-state index is 12.2. The molecule has 0 fully saturated rings. The smallest absolute Gasteiger partial charge is 0.251 e. The molecule has 1 amide bonds. The number of nitrogens with one attached hydrogen (secondary N) is 1. The Balaban J connectivity index is 1.37. The number of hydrogen-bond donors (Lipinski definition) is 1. The van der Waals surface area contributed by atoms with Gasteiger partial charge in [-0.2, -0.15) is 0 Å². The van der Waals surface area contributed by atoms with Gasteiger partial charge in [-0.1, -0.05) is 24.3 Å². The molecule has 27 heavy (non-hydrogen) atoms. The van der Waals surface area contributed by atoms with Gasteiger partial charge in [-0.05, 0) is 23.8 Å². The number of hydrogen-bond acceptors (Lipinski definition) is 5. The summed E-state index contributed by atoms with van der Waals surface area (Å²) in [6.07, 6.45) is 4.55. The normalized spacial score (nSPS) is 14.4. The van der Waals surface area contributed by atoms with Crippen molar-refractivity contribution in [2.75, 3.05) is 13.1 Å². The zero-order chi connectivity index (χ0) is 18.5. The first-order valence-corrected chi connectivity index (χ1v) is 9.15. The third-order valence-corrected chi connectivity index (χ3v) is 4.77. The SMILES string of the molecule is O=C(NCc1nnc2n1CCN(Cc1cccnc1)CC2)c1ccccc1. The molecule has 0 saturated carbocycles. The maximum atomic E-state index is 12.2. The Bertz CT molecular complexity index is 893. The Labute approximate surface area is 158 Å². The van der Waals surface area contributed by atoms with Crippen LogP contribution in [0.15, 0.2) is 54.9 Å². The van der Waals surface area contributed by atoms with Gasteiger partial charge in [0.25, 0.3) is 5.91 Å². The lowest BCUT2D eigenvalue weighted by atomic mass is 10.2. The van der Waals surface area contributed by atoms with E-state index in [0.717, 1.165) is 44.2 Å². The minimum atomic E-state index is -0.0974. The average molecular weight is 362 g/mol. The molecule has 1 aromatic carbocycles. The van der Waals surface area contributed by atoms with Crippen molar-refractivity contribution in [3.63, 3.8) is 0 Å². The first-order chi connectivity index (χ1) is 13.3. The van der Waals surface area contributed by atoms with Crippen LogP contribution in [0.25, 0.3) is 0 Å². The molecule has 2 aromatic heterocycles. The molecule has 0 spiro atoms. The highest BCUT2D eigenvalue weighted by atomic mass is 16.1. The van der Waals surface area contributed by atoms with Crippen LogP contribution in [0.4, 0.5) is 0 Å². The van der Waals surface area contributed by atoms with Gasteiger partial charge in [-0.3, -0.25) is 14.7 Å². The van der Waals surface area contributed by atoms with Crippen molar-refractivity contribution < 1.29 is 4.79 Å². The van der Waals surface area contributed by atoms with Crippen molar-refractivity contribution in [3.05, 3.63) is 77.6 Å². The highest BCUT2D eigenvalue weighted by Crippen LogP contribution is 2.12. The molecular weight excluding hydrogens is 340 g/mol. The number of aromatic nitrogens is 4. The fourth-order valence-corrected chi connectivity index (χ4v) is 3.32. The molecule has 3 heterocycles. The minimum Gasteiger partial charge on any atom is -0.345 e. The van der Waals surface area contributed by atoms with Crippen LogP contribution in [0.3, 0.4) is 0 Å². The Morgan fingerprint density at radius 2 is 1.93 bits per heavy atom. The van der Waals surface area contributed by atoms with E-state index in [2.05, 4.69) is 36.0 Å². The van der Waals surface area contributed by atoms with E-state index in [1.54, 1.807) is 18.3 Å². The van der Waals surface area contributed by atoms with Gasteiger partial charge in [-0.15, -0.1) is 10.2 Å². The monoisotopic (exact) mass is 362 g/mol. The van der Waals surface area contributed by atoms with Crippen molar-refractivity contribution in [1.29, 1.82) is 0 Å². The molecule has 0 saturated heterocycles. The van der Waals surface area contributed by atoms with Gasteiger partial charge in [-0.25, -0.2) is 0 Å². The molecule has 1 aliphatic rings. The lowest BCUT2D eigenvalue weighted by Gasteiger charge is -2.19. The summed E-state index contributed by atoms with van der Waals surface area (Å²) in [6.45, 7) is 3.93. The molecule has 1 aliphatic heterocycles. The van der Waals surface area contributed by atoms with E-state index in [1.807, 2.05) is 30.5 Å². The Kier molecular flexibility index (Phi) is 5.20. The molecule has 1 N–H and O–H groups in total. The summed E-state index contributed by atoms with van der Waals surface area (Å²) in [4.78, 5) is 18.8.